The van der Waals surface area contributed by atoms with Crippen LogP contribution >= 0.6 is 0 Å². The van der Waals surface area contributed by atoms with Gasteiger partial charge in [0, 0.05) is 43.3 Å². The number of nitrogens with zero attached hydrogens (tertiary/aromatic N) is 6. The number of ether oxygens (including phenoxy) is 1. The molecule has 2 unspecified atom stereocenters. The van der Waals surface area contributed by atoms with E-state index in [2.05, 4.69) is 22.0 Å². The van der Waals surface area contributed by atoms with Crippen molar-refractivity contribution in [1.29, 1.82) is 0 Å². The highest BCUT2D eigenvalue weighted by Gasteiger charge is 2.34. The molecule has 1 saturated heterocycles. The minimum Gasteiger partial charge on any atom is -0.359 e. The monoisotopic (exact) mass is 520 g/mol. The molecule has 1 fully saturated rings. The summed E-state index contributed by atoms with van der Waals surface area (Å²) in [5.41, 5.74) is 4.71. The molecule has 3 amide bonds. The largest absolute Gasteiger partial charge is 0.359 e. The van der Waals surface area contributed by atoms with E-state index in [1.165, 1.54) is 12.6 Å². The molecule has 2 aliphatic heterocycles. The van der Waals surface area contributed by atoms with Crippen molar-refractivity contribution < 1.29 is 19.5 Å². The molecule has 200 valence electrons. The average molecular weight is 521 g/mol. The van der Waals surface area contributed by atoms with E-state index in [0.717, 1.165) is 50.2 Å². The molecule has 0 spiro atoms. The van der Waals surface area contributed by atoms with Crippen LogP contribution in [-0.2, 0) is 22.5 Å². The van der Waals surface area contributed by atoms with Gasteiger partial charge >= 0.3 is 6.03 Å². The van der Waals surface area contributed by atoms with E-state index in [4.69, 9.17) is 4.74 Å². The predicted octanol–water partition coefficient (Wildman–Crippen LogP) is 4.44. The smallest absolute Gasteiger partial charge is 0.326 e. The zero-order valence-electron chi connectivity index (χ0n) is 21.6. The number of carbonyl (C=O) groups is 2. The van der Waals surface area contributed by atoms with Crippen LogP contribution in [0.25, 0.3) is 10.9 Å². The fourth-order valence-electron chi connectivity index (χ4n) is 5.54. The van der Waals surface area contributed by atoms with Crippen LogP contribution < -0.4 is 5.12 Å². The van der Waals surface area contributed by atoms with Gasteiger partial charge in [0.25, 0.3) is 0 Å². The van der Waals surface area contributed by atoms with Gasteiger partial charge in [0.05, 0.1) is 17.0 Å². The number of hydrogen-bond donors (Lipinski definition) is 1. The summed E-state index contributed by atoms with van der Waals surface area (Å²) in [7, 11) is 1.47. The molecule has 1 N–H and O–H groups in total. The first kappa shape index (κ1) is 25.8. The molecule has 2 aliphatic rings. The summed E-state index contributed by atoms with van der Waals surface area (Å²) in [6.07, 6.45) is 3.03. The second-order valence-electron chi connectivity index (χ2n) is 9.76. The van der Waals surface area contributed by atoms with E-state index < -0.39 is 6.23 Å². The van der Waals surface area contributed by atoms with Crippen molar-refractivity contribution in [3.05, 3.63) is 70.3 Å². The molecule has 11 heteroatoms. The van der Waals surface area contributed by atoms with Crippen molar-refractivity contribution >= 4 is 29.0 Å². The average Bonchev–Trinajstić information content (AvgIpc) is 3.28. The summed E-state index contributed by atoms with van der Waals surface area (Å²) >= 11 is 0. The number of rotatable bonds is 7. The van der Waals surface area contributed by atoms with Crippen molar-refractivity contribution in [3.63, 3.8) is 0 Å². The standard InChI is InChI=1S/C27H32N6O5/c1-19-26-23(14-15-30(19)27(35)29(2)18-34)22-7-3-4-8-24(22)31(26)17-20-10-12-21(13-11-20)32(28-36)33(37)25-9-5-6-16-38-25/h3-4,7-8,10-13,18-19,25,37H,5-6,9,14-17H2,1-2H3. The topological polar surface area (TPSA) is 111 Å². The Hall–Kier alpha value is -3.80. The van der Waals surface area contributed by atoms with Crippen LogP contribution in [0.1, 0.15) is 49.0 Å². The Morgan fingerprint density at radius 1 is 1.18 bits per heavy atom. The van der Waals surface area contributed by atoms with E-state index in [1.807, 2.05) is 31.2 Å². The van der Waals surface area contributed by atoms with Crippen LogP contribution in [0, 0.1) is 4.91 Å². The Morgan fingerprint density at radius 2 is 1.95 bits per heavy atom. The summed E-state index contributed by atoms with van der Waals surface area (Å²) in [5, 5.41) is 16.4. The molecular formula is C27H32N6O5. The molecule has 11 nitrogen and oxygen atoms in total. The summed E-state index contributed by atoms with van der Waals surface area (Å²) < 4.78 is 7.79. The van der Waals surface area contributed by atoms with Crippen molar-refractivity contribution in [2.24, 2.45) is 5.29 Å². The molecular weight excluding hydrogens is 488 g/mol. The predicted molar refractivity (Wildman–Crippen MR) is 141 cm³/mol. The summed E-state index contributed by atoms with van der Waals surface area (Å²) in [4.78, 5) is 38.5. The number of hydroxylamine groups is 1. The summed E-state index contributed by atoms with van der Waals surface area (Å²) in [6, 6.07) is 14.9. The van der Waals surface area contributed by atoms with Gasteiger partial charge in [0.15, 0.2) is 6.23 Å². The van der Waals surface area contributed by atoms with E-state index in [-0.39, 0.29) is 12.1 Å². The van der Waals surface area contributed by atoms with Crippen LogP contribution in [0.15, 0.2) is 53.8 Å². The van der Waals surface area contributed by atoms with Gasteiger partial charge in [-0.3, -0.25) is 14.9 Å². The maximum Gasteiger partial charge on any atom is 0.326 e. The molecule has 1 aromatic heterocycles. The van der Waals surface area contributed by atoms with Gasteiger partial charge in [-0.1, -0.05) is 30.3 Å². The number of para-hydroxylation sites is 1. The molecule has 2 atom stereocenters. The van der Waals surface area contributed by atoms with Gasteiger partial charge in [0.2, 0.25) is 6.41 Å². The first-order chi connectivity index (χ1) is 18.4. The van der Waals surface area contributed by atoms with Gasteiger partial charge in [-0.25, -0.2) is 4.79 Å². The fraction of sp³-hybridized carbons (Fsp3) is 0.407. The number of anilines is 1. The van der Waals surface area contributed by atoms with E-state index in [9.17, 15) is 19.7 Å². The minimum absolute atomic E-state index is 0.228. The maximum absolute atomic E-state index is 12.9. The van der Waals surface area contributed by atoms with Gasteiger partial charge in [-0.15, -0.1) is 10.0 Å². The quantitative estimate of drug-likeness (QED) is 0.279. The number of nitroso groups, excluding NO2 is 1. The lowest BCUT2D eigenvalue weighted by Crippen LogP contribution is -2.46. The van der Waals surface area contributed by atoms with Crippen LogP contribution in [-0.4, -0.2) is 63.6 Å². The summed E-state index contributed by atoms with van der Waals surface area (Å²) in [6.45, 7) is 3.58. The third-order valence-electron chi connectivity index (χ3n) is 7.48. The first-order valence-corrected chi connectivity index (χ1v) is 12.8. The van der Waals surface area contributed by atoms with Gasteiger partial charge in [0.1, 0.15) is 0 Å². The molecule has 0 saturated carbocycles. The Morgan fingerprint density at radius 3 is 2.63 bits per heavy atom. The van der Waals surface area contributed by atoms with E-state index >= 15 is 0 Å². The second-order valence-corrected chi connectivity index (χ2v) is 9.76. The normalized spacial score (nSPS) is 19.3. The van der Waals surface area contributed by atoms with Crippen LogP contribution in [0.2, 0.25) is 0 Å². The number of benzene rings is 2. The zero-order valence-corrected chi connectivity index (χ0v) is 21.6. The van der Waals surface area contributed by atoms with Crippen LogP contribution in [0.4, 0.5) is 10.5 Å². The van der Waals surface area contributed by atoms with Crippen molar-refractivity contribution in [2.45, 2.75) is 51.4 Å². The zero-order chi connectivity index (χ0) is 26.8. The van der Waals surface area contributed by atoms with Crippen LogP contribution in [0.3, 0.4) is 0 Å². The van der Waals surface area contributed by atoms with Gasteiger partial charge in [-0.05, 0) is 67.1 Å². The lowest BCUT2D eigenvalue weighted by Gasteiger charge is -2.36. The molecule has 0 radical (unpaired) electrons. The molecule has 5 rings (SSSR count). The Bertz CT molecular complexity index is 1320. The molecule has 0 aliphatic carbocycles. The molecule has 2 aromatic carbocycles. The Labute approximate surface area is 220 Å². The number of amides is 3. The van der Waals surface area contributed by atoms with E-state index in [1.54, 1.807) is 17.0 Å². The number of urea groups is 1. The third-order valence-corrected chi connectivity index (χ3v) is 7.48. The van der Waals surface area contributed by atoms with Crippen molar-refractivity contribution in [2.75, 3.05) is 25.3 Å². The first-order valence-electron chi connectivity index (χ1n) is 12.8. The molecule has 38 heavy (non-hydrogen) atoms. The number of aromatic nitrogens is 1. The number of hydrogen-bond acceptors (Lipinski definition) is 7. The lowest BCUT2D eigenvalue weighted by atomic mass is 9.98. The highest BCUT2D eigenvalue weighted by atomic mass is 16.6. The third kappa shape index (κ3) is 4.64. The van der Waals surface area contributed by atoms with Crippen molar-refractivity contribution in [1.82, 2.24) is 19.5 Å². The minimum atomic E-state index is -0.621. The lowest BCUT2D eigenvalue weighted by molar-refractivity contribution is -0.234. The molecule has 0 bridgehead atoms. The SMILES string of the molecule is CC1c2c(c3ccccc3n2Cc2ccc(N(N=O)N(O)C3CCCCO3)cc2)CCN1C(=O)N(C)C=O. The number of imide groups is 1. The van der Waals surface area contributed by atoms with Crippen LogP contribution in [0.5, 0.6) is 0 Å². The van der Waals surface area contributed by atoms with E-state index in [0.29, 0.717) is 44.6 Å². The molecule has 3 heterocycles. The highest BCUT2D eigenvalue weighted by molar-refractivity contribution is 5.88. The number of fused-ring (bicyclic) bond motifs is 3. The Kier molecular flexibility index (Phi) is 7.41. The number of hydrazine groups is 1. The Balaban J connectivity index is 1.44. The summed E-state index contributed by atoms with van der Waals surface area (Å²) in [5.74, 6) is 0. The highest BCUT2D eigenvalue weighted by Crippen LogP contribution is 2.38. The molecule has 3 aromatic rings. The van der Waals surface area contributed by atoms with Gasteiger partial charge in [-0.2, -0.15) is 0 Å². The van der Waals surface area contributed by atoms with Gasteiger partial charge < -0.3 is 14.2 Å². The number of carbonyl (C=O) groups excluding carboxylic acids is 2. The van der Waals surface area contributed by atoms with Crippen molar-refractivity contribution in [3.8, 4) is 0 Å². The second kappa shape index (κ2) is 10.9. The fourth-order valence-corrected chi connectivity index (χ4v) is 5.54. The maximum atomic E-state index is 12.9.